The molecule has 7 nitrogen and oxygen atoms in total. The summed E-state index contributed by atoms with van der Waals surface area (Å²) in [6.07, 6.45) is 7.67. The molecule has 0 aromatic carbocycles. The van der Waals surface area contributed by atoms with E-state index in [9.17, 15) is 9.90 Å². The molecule has 0 radical (unpaired) electrons. The Kier molecular flexibility index (Phi) is 5.50. The van der Waals surface area contributed by atoms with Crippen molar-refractivity contribution >= 4 is 5.91 Å². The van der Waals surface area contributed by atoms with Crippen molar-refractivity contribution in [1.82, 2.24) is 25.4 Å². The lowest BCUT2D eigenvalue weighted by molar-refractivity contribution is -0.157. The normalized spacial score (nSPS) is 26.1. The number of aliphatic hydroxyl groups is 1. The van der Waals surface area contributed by atoms with Crippen LogP contribution in [0.15, 0.2) is 0 Å². The summed E-state index contributed by atoms with van der Waals surface area (Å²) in [7, 11) is 0. The molecule has 1 aromatic rings. The fraction of sp³-hybridized carbons (Fsp3) is 0.824. The zero-order chi connectivity index (χ0) is 17.0. The molecule has 1 saturated carbocycles. The van der Waals surface area contributed by atoms with Gasteiger partial charge >= 0.3 is 0 Å². The number of aromatic amines is 1. The van der Waals surface area contributed by atoms with Crippen LogP contribution in [-0.4, -0.2) is 56.3 Å². The van der Waals surface area contributed by atoms with Gasteiger partial charge in [0.2, 0.25) is 0 Å². The molecule has 134 valence electrons. The highest BCUT2D eigenvalue weighted by atomic mass is 16.3. The van der Waals surface area contributed by atoms with Crippen LogP contribution < -0.4 is 5.32 Å². The van der Waals surface area contributed by atoms with E-state index in [-0.39, 0.29) is 12.5 Å². The minimum atomic E-state index is -1.29. The predicted octanol–water partition coefficient (Wildman–Crippen LogP) is 1.14. The van der Waals surface area contributed by atoms with Crippen molar-refractivity contribution in [2.75, 3.05) is 19.6 Å². The molecule has 2 heterocycles. The first-order chi connectivity index (χ1) is 11.6. The summed E-state index contributed by atoms with van der Waals surface area (Å²) in [5.41, 5.74) is -1.29. The van der Waals surface area contributed by atoms with E-state index in [0.717, 1.165) is 25.3 Å². The highest BCUT2D eigenvalue weighted by Gasteiger charge is 2.42. The third-order valence-corrected chi connectivity index (χ3v) is 5.25. The number of nitrogens with one attached hydrogen (secondary N) is 2. The molecule has 2 aliphatic rings. The predicted molar refractivity (Wildman–Crippen MR) is 90.2 cm³/mol. The Hall–Kier alpha value is -1.47. The Morgan fingerprint density at radius 3 is 2.83 bits per heavy atom. The maximum absolute atomic E-state index is 12.8. The van der Waals surface area contributed by atoms with Gasteiger partial charge in [0.1, 0.15) is 5.82 Å². The van der Waals surface area contributed by atoms with E-state index in [0.29, 0.717) is 24.7 Å². The van der Waals surface area contributed by atoms with Gasteiger partial charge in [0, 0.05) is 19.6 Å². The zero-order valence-electron chi connectivity index (χ0n) is 14.6. The van der Waals surface area contributed by atoms with Crippen molar-refractivity contribution in [2.45, 2.75) is 64.0 Å². The summed E-state index contributed by atoms with van der Waals surface area (Å²) in [6.45, 7) is 4.12. The Labute approximate surface area is 143 Å². The number of nitrogens with zero attached hydrogens (tertiary/aromatic N) is 3. The number of likely N-dealkylation sites (tertiary alicyclic amines) is 1. The van der Waals surface area contributed by atoms with Crippen LogP contribution in [0.1, 0.15) is 56.6 Å². The van der Waals surface area contributed by atoms with Crippen LogP contribution in [0.4, 0.5) is 0 Å². The lowest BCUT2D eigenvalue weighted by Gasteiger charge is -2.40. The number of rotatable bonds is 6. The number of aromatic nitrogens is 3. The molecule has 1 saturated heterocycles. The Balaban J connectivity index is 1.52. The largest absolute Gasteiger partial charge is 0.379 e. The average Bonchev–Trinajstić information content (AvgIpc) is 2.98. The second kappa shape index (κ2) is 7.61. The standard InChI is InChI=1S/C17H29N5O2/c1-13-19-15(21-20-13)10-18-12-17(24)8-5-9-22(16(17)23)11-14-6-3-2-4-7-14/h14,18,24H,2-12H2,1H3,(H,19,20,21)/t17-/m1/s1. The molecule has 3 rings (SSSR count). The van der Waals surface area contributed by atoms with Gasteiger partial charge in [0.15, 0.2) is 11.4 Å². The van der Waals surface area contributed by atoms with Crippen LogP contribution in [0.2, 0.25) is 0 Å². The number of carbonyl (C=O) groups is 1. The van der Waals surface area contributed by atoms with Crippen molar-refractivity contribution < 1.29 is 9.90 Å². The molecule has 1 atom stereocenters. The first-order valence-corrected chi connectivity index (χ1v) is 9.17. The summed E-state index contributed by atoms with van der Waals surface area (Å²) in [6, 6.07) is 0. The molecule has 1 amide bonds. The third-order valence-electron chi connectivity index (χ3n) is 5.25. The van der Waals surface area contributed by atoms with Gasteiger partial charge in [-0.2, -0.15) is 5.10 Å². The number of hydrogen-bond acceptors (Lipinski definition) is 5. The van der Waals surface area contributed by atoms with E-state index in [1.165, 1.54) is 32.1 Å². The molecule has 7 heteroatoms. The molecule has 1 aliphatic heterocycles. The minimum absolute atomic E-state index is 0.113. The number of aryl methyl sites for hydroxylation is 1. The third kappa shape index (κ3) is 4.13. The second-order valence-corrected chi connectivity index (χ2v) is 7.33. The molecule has 24 heavy (non-hydrogen) atoms. The van der Waals surface area contributed by atoms with Gasteiger partial charge in [-0.25, -0.2) is 4.98 Å². The molecule has 0 bridgehead atoms. The van der Waals surface area contributed by atoms with Crippen LogP contribution >= 0.6 is 0 Å². The topological polar surface area (TPSA) is 94.1 Å². The summed E-state index contributed by atoms with van der Waals surface area (Å²) < 4.78 is 0. The monoisotopic (exact) mass is 335 g/mol. The maximum atomic E-state index is 12.8. The minimum Gasteiger partial charge on any atom is -0.379 e. The van der Waals surface area contributed by atoms with Crippen LogP contribution in [0.5, 0.6) is 0 Å². The smallest absolute Gasteiger partial charge is 0.255 e. The van der Waals surface area contributed by atoms with Gasteiger partial charge in [-0.3, -0.25) is 9.89 Å². The molecule has 0 unspecified atom stereocenters. The number of piperidine rings is 1. The fourth-order valence-corrected chi connectivity index (χ4v) is 3.93. The Bertz CT molecular complexity index is 555. The van der Waals surface area contributed by atoms with Gasteiger partial charge in [-0.15, -0.1) is 0 Å². The molecule has 1 aromatic heterocycles. The summed E-state index contributed by atoms with van der Waals surface area (Å²) in [5.74, 6) is 1.91. The zero-order valence-corrected chi connectivity index (χ0v) is 14.6. The summed E-state index contributed by atoms with van der Waals surface area (Å²) in [5, 5.41) is 20.8. The summed E-state index contributed by atoms with van der Waals surface area (Å²) in [4.78, 5) is 18.9. The van der Waals surface area contributed by atoms with E-state index in [4.69, 9.17) is 0 Å². The number of hydrogen-bond donors (Lipinski definition) is 3. The van der Waals surface area contributed by atoms with Crippen molar-refractivity contribution in [2.24, 2.45) is 5.92 Å². The first-order valence-electron chi connectivity index (χ1n) is 9.17. The highest BCUT2D eigenvalue weighted by molar-refractivity contribution is 5.86. The van der Waals surface area contributed by atoms with Crippen LogP contribution in [0.3, 0.4) is 0 Å². The molecular formula is C17H29N5O2. The van der Waals surface area contributed by atoms with Gasteiger partial charge in [0.25, 0.3) is 5.91 Å². The van der Waals surface area contributed by atoms with Crippen molar-refractivity contribution in [1.29, 1.82) is 0 Å². The van der Waals surface area contributed by atoms with Crippen molar-refractivity contribution in [3.63, 3.8) is 0 Å². The van der Waals surface area contributed by atoms with E-state index in [1.54, 1.807) is 0 Å². The molecule has 1 aliphatic carbocycles. The van der Waals surface area contributed by atoms with Crippen LogP contribution in [0.25, 0.3) is 0 Å². The van der Waals surface area contributed by atoms with Crippen LogP contribution in [0, 0.1) is 12.8 Å². The second-order valence-electron chi connectivity index (χ2n) is 7.33. The SMILES string of the molecule is Cc1nc(CNC[C@]2(O)CCCN(CC3CCCCC3)C2=O)n[nH]1. The Morgan fingerprint density at radius 1 is 1.33 bits per heavy atom. The Morgan fingerprint density at radius 2 is 2.12 bits per heavy atom. The lowest BCUT2D eigenvalue weighted by Crippen LogP contribution is -2.58. The quantitative estimate of drug-likeness (QED) is 0.725. The summed E-state index contributed by atoms with van der Waals surface area (Å²) >= 11 is 0. The van der Waals surface area contributed by atoms with Crippen molar-refractivity contribution in [3.8, 4) is 0 Å². The average molecular weight is 335 g/mol. The van der Waals surface area contributed by atoms with Crippen molar-refractivity contribution in [3.05, 3.63) is 11.6 Å². The molecule has 2 fully saturated rings. The number of amides is 1. The fourth-order valence-electron chi connectivity index (χ4n) is 3.93. The highest BCUT2D eigenvalue weighted by Crippen LogP contribution is 2.28. The van der Waals surface area contributed by atoms with Gasteiger partial charge in [0.05, 0.1) is 6.54 Å². The number of H-pyrrole nitrogens is 1. The van der Waals surface area contributed by atoms with E-state index >= 15 is 0 Å². The first kappa shape index (κ1) is 17.4. The van der Waals surface area contributed by atoms with E-state index in [1.807, 2.05) is 11.8 Å². The number of carbonyl (C=O) groups excluding carboxylic acids is 1. The molecule has 3 N–H and O–H groups in total. The lowest BCUT2D eigenvalue weighted by atomic mass is 9.86. The van der Waals surface area contributed by atoms with E-state index < -0.39 is 5.60 Å². The van der Waals surface area contributed by atoms with Crippen LogP contribution in [-0.2, 0) is 11.3 Å². The molecular weight excluding hydrogens is 306 g/mol. The maximum Gasteiger partial charge on any atom is 0.255 e. The van der Waals surface area contributed by atoms with Gasteiger partial charge in [-0.1, -0.05) is 19.3 Å². The van der Waals surface area contributed by atoms with Gasteiger partial charge < -0.3 is 15.3 Å². The van der Waals surface area contributed by atoms with Gasteiger partial charge in [-0.05, 0) is 38.5 Å². The van der Waals surface area contributed by atoms with E-state index in [2.05, 4.69) is 20.5 Å². The molecule has 0 spiro atoms.